The van der Waals surface area contributed by atoms with Gasteiger partial charge >= 0.3 is 0 Å². The van der Waals surface area contributed by atoms with Crippen LogP contribution < -0.4 is 4.90 Å². The largest absolute Gasteiger partial charge is 0.310 e. The molecule has 0 aliphatic carbocycles. The molecule has 0 atom stereocenters. The predicted molar refractivity (Wildman–Crippen MR) is 235 cm³/mol. The topological polar surface area (TPSA) is 3.24 Å². The van der Waals surface area contributed by atoms with Crippen LogP contribution in [0.5, 0.6) is 0 Å². The Morgan fingerprint density at radius 2 is 0.926 bits per heavy atom. The third-order valence-electron chi connectivity index (χ3n) is 11.0. The molecule has 11 rings (SSSR count). The minimum Gasteiger partial charge on any atom is -0.310 e. The highest BCUT2D eigenvalue weighted by Crippen LogP contribution is 2.45. The number of benzene rings is 10. The van der Waals surface area contributed by atoms with E-state index in [0.29, 0.717) is 0 Å². The number of hydrogen-bond donors (Lipinski definition) is 0. The van der Waals surface area contributed by atoms with Gasteiger partial charge in [0.15, 0.2) is 0 Å². The minimum atomic E-state index is 1.12. The van der Waals surface area contributed by atoms with Gasteiger partial charge in [-0.3, -0.25) is 0 Å². The van der Waals surface area contributed by atoms with Crippen molar-refractivity contribution in [3.63, 3.8) is 0 Å². The Hall–Kier alpha value is -6.74. The van der Waals surface area contributed by atoms with E-state index in [-0.39, 0.29) is 0 Å². The highest BCUT2D eigenvalue weighted by Gasteiger charge is 2.19. The van der Waals surface area contributed by atoms with Gasteiger partial charge in [0.25, 0.3) is 0 Å². The first-order chi connectivity index (χ1) is 26.8. The van der Waals surface area contributed by atoms with Crippen LogP contribution in [0.4, 0.5) is 17.1 Å². The molecule has 0 radical (unpaired) electrons. The van der Waals surface area contributed by atoms with Crippen LogP contribution >= 0.6 is 11.3 Å². The summed E-state index contributed by atoms with van der Waals surface area (Å²) in [5.41, 5.74) is 8.23. The van der Waals surface area contributed by atoms with Crippen LogP contribution in [0.3, 0.4) is 0 Å². The van der Waals surface area contributed by atoms with E-state index in [1.807, 2.05) is 11.3 Å². The highest BCUT2D eigenvalue weighted by molar-refractivity contribution is 7.25. The molecule has 0 spiro atoms. The van der Waals surface area contributed by atoms with Gasteiger partial charge in [-0.25, -0.2) is 0 Å². The van der Waals surface area contributed by atoms with E-state index < -0.39 is 0 Å². The molecule has 10 aromatic carbocycles. The van der Waals surface area contributed by atoms with E-state index in [2.05, 4.69) is 205 Å². The van der Waals surface area contributed by atoms with Crippen LogP contribution in [0, 0.1) is 0 Å². The van der Waals surface area contributed by atoms with Gasteiger partial charge in [-0.2, -0.15) is 0 Å². The number of thiophene rings is 1. The molecule has 54 heavy (non-hydrogen) atoms. The zero-order chi connectivity index (χ0) is 35.6. The lowest BCUT2D eigenvalue weighted by atomic mass is 9.90. The van der Waals surface area contributed by atoms with Crippen molar-refractivity contribution in [1.82, 2.24) is 0 Å². The summed E-state index contributed by atoms with van der Waals surface area (Å²) in [4.78, 5) is 2.43. The Labute approximate surface area is 317 Å². The molecule has 1 nitrogen and oxygen atoms in total. The van der Waals surface area contributed by atoms with Crippen molar-refractivity contribution in [2.45, 2.75) is 0 Å². The summed E-state index contributed by atoms with van der Waals surface area (Å²) in [5, 5.41) is 12.9. The molecule has 0 saturated heterocycles. The Balaban J connectivity index is 1.09. The quantitative estimate of drug-likeness (QED) is 0.161. The van der Waals surface area contributed by atoms with Gasteiger partial charge < -0.3 is 4.90 Å². The summed E-state index contributed by atoms with van der Waals surface area (Å²) >= 11 is 1.87. The Kier molecular flexibility index (Phi) is 7.11. The first-order valence-electron chi connectivity index (χ1n) is 18.5. The molecule has 0 amide bonds. The summed E-state index contributed by atoms with van der Waals surface area (Å²) in [6.45, 7) is 0. The van der Waals surface area contributed by atoms with Gasteiger partial charge in [0.2, 0.25) is 0 Å². The van der Waals surface area contributed by atoms with E-state index in [0.717, 1.165) is 17.1 Å². The van der Waals surface area contributed by atoms with Crippen LogP contribution in [-0.2, 0) is 0 Å². The zero-order valence-corrected chi connectivity index (χ0v) is 30.2. The summed E-state index contributed by atoms with van der Waals surface area (Å²) in [5.74, 6) is 0. The molecule has 0 saturated carbocycles. The highest BCUT2D eigenvalue weighted by atomic mass is 32.1. The lowest BCUT2D eigenvalue weighted by Crippen LogP contribution is -2.11. The summed E-state index contributed by atoms with van der Waals surface area (Å²) in [6.07, 6.45) is 0. The standard InChI is InChI=1S/C52H33NS/c1-2-12-34(13-3-1)42-17-10-11-21-49(42)53(41-28-29-45-48-30-37-15-4-5-16-38(37)32-50(48)54-51(45)33-41)40-26-24-36(25-27-40)47-31-39-23-22-35-14-6-7-18-43(35)52(39)46-20-9-8-19-44(46)47/h1-33H. The molecule has 0 aliphatic rings. The maximum absolute atomic E-state index is 2.43. The van der Waals surface area contributed by atoms with E-state index >= 15 is 0 Å². The Bertz CT molecular complexity index is 3210. The fourth-order valence-corrected chi connectivity index (χ4v) is 9.62. The fourth-order valence-electron chi connectivity index (χ4n) is 8.45. The first kappa shape index (κ1) is 30.8. The maximum Gasteiger partial charge on any atom is 0.0540 e. The van der Waals surface area contributed by atoms with E-state index in [9.17, 15) is 0 Å². The Morgan fingerprint density at radius 1 is 0.315 bits per heavy atom. The average Bonchev–Trinajstić information content (AvgIpc) is 3.59. The number of fused-ring (bicyclic) bond motifs is 9. The molecule has 2 heteroatoms. The number of anilines is 3. The van der Waals surface area contributed by atoms with Gasteiger partial charge in [0.1, 0.15) is 0 Å². The first-order valence-corrected chi connectivity index (χ1v) is 19.3. The van der Waals surface area contributed by atoms with Crippen molar-refractivity contribution in [2.24, 2.45) is 0 Å². The molecule has 0 N–H and O–H groups in total. The van der Waals surface area contributed by atoms with E-state index in [1.165, 1.54) is 85.5 Å². The lowest BCUT2D eigenvalue weighted by Gasteiger charge is -2.28. The number of nitrogens with zero attached hydrogens (tertiary/aromatic N) is 1. The molecule has 0 bridgehead atoms. The van der Waals surface area contributed by atoms with Gasteiger partial charge in [-0.15, -0.1) is 11.3 Å². The molecule has 11 aromatic rings. The number of para-hydroxylation sites is 1. The second-order valence-corrected chi connectivity index (χ2v) is 15.2. The second-order valence-electron chi connectivity index (χ2n) is 14.1. The number of hydrogen-bond acceptors (Lipinski definition) is 2. The van der Waals surface area contributed by atoms with Gasteiger partial charge in [0.05, 0.1) is 5.69 Å². The monoisotopic (exact) mass is 703 g/mol. The van der Waals surface area contributed by atoms with Crippen molar-refractivity contribution in [3.8, 4) is 22.3 Å². The van der Waals surface area contributed by atoms with Gasteiger partial charge in [-0.1, -0.05) is 152 Å². The third kappa shape index (κ3) is 4.99. The van der Waals surface area contributed by atoms with Crippen molar-refractivity contribution < 1.29 is 0 Å². The lowest BCUT2D eigenvalue weighted by molar-refractivity contribution is 1.29. The van der Waals surface area contributed by atoms with Crippen LogP contribution in [-0.4, -0.2) is 0 Å². The molecular weight excluding hydrogens is 671 g/mol. The average molecular weight is 704 g/mol. The van der Waals surface area contributed by atoms with Crippen LogP contribution in [0.2, 0.25) is 0 Å². The molecule has 252 valence electrons. The summed E-state index contributed by atoms with van der Waals surface area (Å²) in [7, 11) is 0. The van der Waals surface area contributed by atoms with Crippen molar-refractivity contribution in [2.75, 3.05) is 4.90 Å². The zero-order valence-electron chi connectivity index (χ0n) is 29.4. The van der Waals surface area contributed by atoms with Gasteiger partial charge in [-0.05, 0) is 108 Å². The summed E-state index contributed by atoms with van der Waals surface area (Å²) in [6, 6.07) is 73.5. The fraction of sp³-hybridized carbons (Fsp3) is 0. The Morgan fingerprint density at radius 3 is 1.76 bits per heavy atom. The SMILES string of the molecule is c1ccc(-c2ccccc2N(c2ccc(-c3cc4ccc5ccccc5c4c4ccccc34)cc2)c2ccc3c(c2)sc2cc4ccccc4cc23)cc1. The van der Waals surface area contributed by atoms with E-state index in [1.54, 1.807) is 0 Å². The molecule has 1 aromatic heterocycles. The third-order valence-corrected chi connectivity index (χ3v) is 12.1. The molecule has 0 unspecified atom stereocenters. The van der Waals surface area contributed by atoms with Crippen LogP contribution in [0.15, 0.2) is 200 Å². The minimum absolute atomic E-state index is 1.12. The summed E-state index contributed by atoms with van der Waals surface area (Å²) < 4.78 is 2.60. The van der Waals surface area contributed by atoms with Crippen LogP contribution in [0.25, 0.3) is 85.5 Å². The molecule has 0 fully saturated rings. The van der Waals surface area contributed by atoms with Crippen molar-refractivity contribution in [3.05, 3.63) is 200 Å². The maximum atomic E-state index is 2.43. The molecular formula is C52H33NS. The van der Waals surface area contributed by atoms with Crippen LogP contribution in [0.1, 0.15) is 0 Å². The smallest absolute Gasteiger partial charge is 0.0540 e. The van der Waals surface area contributed by atoms with Gasteiger partial charge in [0, 0.05) is 37.1 Å². The molecule has 1 heterocycles. The number of rotatable bonds is 5. The second kappa shape index (κ2) is 12.4. The van der Waals surface area contributed by atoms with Crippen molar-refractivity contribution >= 4 is 91.7 Å². The molecule has 0 aliphatic heterocycles. The van der Waals surface area contributed by atoms with Crippen molar-refractivity contribution in [1.29, 1.82) is 0 Å². The van der Waals surface area contributed by atoms with E-state index in [4.69, 9.17) is 0 Å². The normalized spacial score (nSPS) is 11.7. The predicted octanol–water partition coefficient (Wildman–Crippen LogP) is 15.5.